The van der Waals surface area contributed by atoms with Crippen molar-refractivity contribution in [3.63, 3.8) is 0 Å². The minimum absolute atomic E-state index is 0.332. The molecule has 0 saturated carbocycles. The van der Waals surface area contributed by atoms with E-state index in [0.29, 0.717) is 4.68 Å². The Hall–Kier alpha value is -1.60. The Morgan fingerprint density at radius 2 is 2.13 bits per heavy atom. The molecule has 0 spiro atoms. The second-order valence-corrected chi connectivity index (χ2v) is 2.94. The molecule has 8 heteroatoms. The minimum Gasteiger partial charge on any atom is -0.476 e. The Morgan fingerprint density at radius 3 is 2.60 bits per heavy atom. The van der Waals surface area contributed by atoms with Crippen LogP contribution in [0.5, 0.6) is 0 Å². The Kier molecular flexibility index (Phi) is 3.28. The van der Waals surface area contributed by atoms with Crippen LogP contribution in [0.25, 0.3) is 0 Å². The summed E-state index contributed by atoms with van der Waals surface area (Å²) in [5, 5.41) is 14.8. The van der Waals surface area contributed by atoms with Crippen LogP contribution in [-0.2, 0) is 0 Å². The largest absolute Gasteiger partial charge is 0.476 e. The molecule has 2 unspecified atom stereocenters. The van der Waals surface area contributed by atoms with Gasteiger partial charge in [-0.1, -0.05) is 12.1 Å². The summed E-state index contributed by atoms with van der Waals surface area (Å²) in [6.07, 6.45) is -4.31. The first-order chi connectivity index (χ1) is 6.95. The van der Waals surface area contributed by atoms with Crippen molar-refractivity contribution in [1.29, 1.82) is 0 Å². The molecule has 0 aromatic carbocycles. The Labute approximate surface area is 82.5 Å². The van der Waals surface area contributed by atoms with E-state index < -0.39 is 30.3 Å². The van der Waals surface area contributed by atoms with Gasteiger partial charge in [0.1, 0.15) is 0 Å². The van der Waals surface area contributed by atoms with Crippen LogP contribution in [0, 0.1) is 5.92 Å². The Morgan fingerprint density at radius 1 is 1.53 bits per heavy atom. The average molecular weight is 223 g/mol. The number of nitrogens with zero attached hydrogens (tertiary/aromatic N) is 3. The summed E-state index contributed by atoms with van der Waals surface area (Å²) in [7, 11) is 0. The van der Waals surface area contributed by atoms with Gasteiger partial charge in [0.2, 0.25) is 12.7 Å². The number of carbonyl (C=O) groups is 1. The molecule has 0 bridgehead atoms. The highest BCUT2D eigenvalue weighted by Crippen LogP contribution is 2.25. The second kappa shape index (κ2) is 4.28. The molecule has 15 heavy (non-hydrogen) atoms. The monoisotopic (exact) mass is 223 g/mol. The number of carboxylic acid groups (broad SMARTS) is 1. The fourth-order valence-electron chi connectivity index (χ4n) is 0.922. The van der Waals surface area contributed by atoms with Crippen molar-refractivity contribution in [2.45, 2.75) is 19.6 Å². The lowest BCUT2D eigenvalue weighted by Gasteiger charge is -2.16. The van der Waals surface area contributed by atoms with Crippen molar-refractivity contribution in [3.8, 4) is 0 Å². The lowest BCUT2D eigenvalue weighted by atomic mass is 10.2. The summed E-state index contributed by atoms with van der Waals surface area (Å²) >= 11 is 0. The molecular weight excluding hydrogens is 215 g/mol. The van der Waals surface area contributed by atoms with Gasteiger partial charge in [-0.05, 0) is 0 Å². The molecule has 0 aliphatic heterocycles. The predicted molar refractivity (Wildman–Crippen MR) is 42.3 cm³/mol. The van der Waals surface area contributed by atoms with E-state index in [2.05, 4.69) is 10.3 Å². The zero-order valence-corrected chi connectivity index (χ0v) is 7.64. The average Bonchev–Trinajstić information content (AvgIpc) is 2.63. The fraction of sp³-hybridized carbons (Fsp3) is 0.571. The van der Waals surface area contributed by atoms with Crippen molar-refractivity contribution in [2.24, 2.45) is 5.92 Å². The number of hydrogen-bond donors (Lipinski definition) is 1. The first kappa shape index (κ1) is 11.5. The van der Waals surface area contributed by atoms with E-state index in [1.165, 1.54) is 0 Å². The zero-order chi connectivity index (χ0) is 11.6. The normalized spacial score (nSPS) is 15.3. The van der Waals surface area contributed by atoms with E-state index >= 15 is 0 Å². The van der Waals surface area contributed by atoms with Crippen molar-refractivity contribution in [3.05, 3.63) is 11.9 Å². The van der Waals surface area contributed by atoms with Crippen LogP contribution in [0.4, 0.5) is 13.2 Å². The van der Waals surface area contributed by atoms with Crippen molar-refractivity contribution in [1.82, 2.24) is 15.0 Å². The highest BCUT2D eigenvalue weighted by atomic mass is 19.3. The van der Waals surface area contributed by atoms with Gasteiger partial charge in [-0.3, -0.25) is 0 Å². The van der Waals surface area contributed by atoms with Gasteiger partial charge in [0.15, 0.2) is 5.69 Å². The van der Waals surface area contributed by atoms with Crippen LogP contribution in [0.3, 0.4) is 0 Å². The van der Waals surface area contributed by atoms with Gasteiger partial charge in [0.05, 0.1) is 12.1 Å². The summed E-state index contributed by atoms with van der Waals surface area (Å²) < 4.78 is 38.0. The lowest BCUT2D eigenvalue weighted by Crippen LogP contribution is -2.23. The van der Waals surface area contributed by atoms with Crippen molar-refractivity contribution >= 4 is 5.97 Å². The minimum atomic E-state index is -2.90. The SMILES string of the molecule is CC(C(F)F)C(F)n1nncc1C(=O)O. The van der Waals surface area contributed by atoms with E-state index in [-0.39, 0.29) is 0 Å². The second-order valence-electron chi connectivity index (χ2n) is 2.94. The van der Waals surface area contributed by atoms with E-state index in [9.17, 15) is 18.0 Å². The number of carboxylic acids is 1. The molecule has 5 nitrogen and oxygen atoms in total. The number of rotatable bonds is 4. The summed E-state index contributed by atoms with van der Waals surface area (Å²) in [5.74, 6) is -3.12. The predicted octanol–water partition coefficient (Wildman–Crippen LogP) is 1.35. The maximum Gasteiger partial charge on any atom is 0.355 e. The quantitative estimate of drug-likeness (QED) is 0.836. The van der Waals surface area contributed by atoms with Crippen LogP contribution < -0.4 is 0 Å². The number of aromatic carboxylic acids is 1. The van der Waals surface area contributed by atoms with E-state index in [1.54, 1.807) is 0 Å². The van der Waals surface area contributed by atoms with Gasteiger partial charge < -0.3 is 5.11 Å². The zero-order valence-electron chi connectivity index (χ0n) is 7.64. The maximum atomic E-state index is 13.4. The number of hydrogen-bond acceptors (Lipinski definition) is 3. The van der Waals surface area contributed by atoms with Crippen LogP contribution in [0.15, 0.2) is 6.20 Å². The van der Waals surface area contributed by atoms with E-state index in [4.69, 9.17) is 5.11 Å². The summed E-state index contributed by atoms with van der Waals surface area (Å²) in [6.45, 7) is 0.961. The molecule has 1 aromatic heterocycles. The van der Waals surface area contributed by atoms with Gasteiger partial charge in [-0.2, -0.15) is 0 Å². The van der Waals surface area contributed by atoms with Gasteiger partial charge in [0.25, 0.3) is 0 Å². The summed E-state index contributed by atoms with van der Waals surface area (Å²) in [5.41, 5.74) is -0.560. The molecule has 1 heterocycles. The topological polar surface area (TPSA) is 68.0 Å². The Bertz CT molecular complexity index is 355. The fourth-order valence-corrected chi connectivity index (χ4v) is 0.922. The third-order valence-electron chi connectivity index (χ3n) is 1.86. The lowest BCUT2D eigenvalue weighted by molar-refractivity contribution is 0.00270. The standard InChI is InChI=1S/C7H8F3N3O2/c1-3(5(8)9)6(10)13-4(7(14)15)2-11-12-13/h2-3,5-6H,1H3,(H,14,15). The highest BCUT2D eigenvalue weighted by Gasteiger charge is 2.30. The molecule has 0 aliphatic carbocycles. The molecule has 0 radical (unpaired) electrons. The summed E-state index contributed by atoms with van der Waals surface area (Å²) in [6, 6.07) is 0. The molecule has 2 atom stereocenters. The third kappa shape index (κ3) is 2.25. The molecule has 0 fully saturated rings. The summed E-state index contributed by atoms with van der Waals surface area (Å²) in [4.78, 5) is 10.5. The first-order valence-corrected chi connectivity index (χ1v) is 4.01. The molecule has 1 aromatic rings. The number of aromatic nitrogens is 3. The maximum absolute atomic E-state index is 13.4. The van der Waals surface area contributed by atoms with Gasteiger partial charge in [0, 0.05) is 0 Å². The molecule has 1 rings (SSSR count). The molecular formula is C7H8F3N3O2. The first-order valence-electron chi connectivity index (χ1n) is 4.01. The molecule has 1 N–H and O–H groups in total. The number of alkyl halides is 3. The van der Waals surface area contributed by atoms with Crippen LogP contribution in [0.1, 0.15) is 23.7 Å². The van der Waals surface area contributed by atoms with Crippen LogP contribution in [-0.4, -0.2) is 32.5 Å². The van der Waals surface area contributed by atoms with Crippen LogP contribution in [0.2, 0.25) is 0 Å². The third-order valence-corrected chi connectivity index (χ3v) is 1.86. The molecule has 84 valence electrons. The number of halogens is 3. The molecule has 0 saturated heterocycles. The van der Waals surface area contributed by atoms with Crippen molar-refractivity contribution in [2.75, 3.05) is 0 Å². The highest BCUT2D eigenvalue weighted by molar-refractivity contribution is 5.85. The molecule has 0 aliphatic rings. The van der Waals surface area contributed by atoms with Crippen molar-refractivity contribution < 1.29 is 23.1 Å². The Balaban J connectivity index is 2.95. The van der Waals surface area contributed by atoms with Crippen LogP contribution >= 0.6 is 0 Å². The van der Waals surface area contributed by atoms with Gasteiger partial charge >= 0.3 is 5.97 Å². The molecule has 0 amide bonds. The van der Waals surface area contributed by atoms with Gasteiger partial charge in [-0.15, -0.1) is 5.10 Å². The van der Waals surface area contributed by atoms with E-state index in [0.717, 1.165) is 13.1 Å². The smallest absolute Gasteiger partial charge is 0.355 e. The van der Waals surface area contributed by atoms with E-state index in [1.807, 2.05) is 0 Å². The van der Waals surface area contributed by atoms with Gasteiger partial charge in [-0.25, -0.2) is 22.6 Å².